The Labute approximate surface area is 318 Å². The fraction of sp³-hybridized carbons (Fsp3) is 0.388. The Bertz CT molecular complexity index is 1800. The van der Waals surface area contributed by atoms with Gasteiger partial charge in [0.1, 0.15) is 0 Å². The van der Waals surface area contributed by atoms with Gasteiger partial charge in [0.05, 0.1) is 0 Å². The van der Waals surface area contributed by atoms with Crippen LogP contribution in [0.25, 0.3) is 5.57 Å². The van der Waals surface area contributed by atoms with Gasteiger partial charge in [0.15, 0.2) is 0 Å². The molecule has 0 heterocycles. The van der Waals surface area contributed by atoms with Gasteiger partial charge in [-0.15, -0.1) is 13.3 Å². The summed E-state index contributed by atoms with van der Waals surface area (Å²) in [6, 6.07) is 30.6. The van der Waals surface area contributed by atoms with Crippen LogP contribution in [0.2, 0.25) is 0 Å². The Morgan fingerprint density at radius 2 is 1.38 bits per heavy atom. The molecule has 50 heavy (non-hydrogen) atoms. The molecule has 1 fully saturated rings. The third-order valence-electron chi connectivity index (χ3n) is 13.9. The first-order chi connectivity index (χ1) is 23.8. The number of fused-ring (bicyclic) bond motifs is 6. The predicted octanol–water partition coefficient (Wildman–Crippen LogP) is 12.5. The SMILES string of the molecule is C[C-]1C2=C3Cc4ccccc4C3=C3C=CCCC3C2(C)C(C)(C)C(C)(C)C1(C)C.[C-]1=CC=CC1.[Zr+2]=[C](Cc1ccccc1)Cc1ccccc1. The minimum absolute atomic E-state index is 0.164. The number of hydrogen-bond acceptors (Lipinski definition) is 0. The van der Waals surface area contributed by atoms with Crippen molar-refractivity contribution >= 4 is 8.78 Å². The molecule has 5 aliphatic rings. The molecule has 0 N–H and O–H groups in total. The molecule has 0 nitrogen and oxygen atoms in total. The van der Waals surface area contributed by atoms with Crippen LogP contribution in [-0.4, -0.2) is 3.21 Å². The third kappa shape index (κ3) is 6.36. The van der Waals surface area contributed by atoms with Gasteiger partial charge < -0.3 is 0 Å². The van der Waals surface area contributed by atoms with Crippen molar-refractivity contribution in [2.45, 2.75) is 93.9 Å². The molecule has 1 saturated carbocycles. The van der Waals surface area contributed by atoms with Crippen LogP contribution in [0.15, 0.2) is 132 Å². The average molecular weight is 736 g/mol. The number of hydrogen-bond donors (Lipinski definition) is 0. The van der Waals surface area contributed by atoms with E-state index in [1.54, 1.807) is 55.7 Å². The van der Waals surface area contributed by atoms with Crippen molar-refractivity contribution in [1.82, 2.24) is 0 Å². The van der Waals surface area contributed by atoms with Crippen LogP contribution in [0.4, 0.5) is 0 Å². The van der Waals surface area contributed by atoms with Crippen LogP contribution in [0, 0.1) is 39.6 Å². The van der Waals surface area contributed by atoms with E-state index < -0.39 is 0 Å². The quantitative estimate of drug-likeness (QED) is 0.234. The summed E-state index contributed by atoms with van der Waals surface area (Å²) in [5.41, 5.74) is 13.1. The first-order valence-electron chi connectivity index (χ1n) is 18.8. The van der Waals surface area contributed by atoms with Crippen molar-refractivity contribution in [2.75, 3.05) is 0 Å². The van der Waals surface area contributed by atoms with Gasteiger partial charge in [-0.05, 0) is 40.6 Å². The average Bonchev–Trinajstić information content (AvgIpc) is 3.81. The van der Waals surface area contributed by atoms with Gasteiger partial charge in [-0.1, -0.05) is 113 Å². The topological polar surface area (TPSA) is 0 Å². The summed E-state index contributed by atoms with van der Waals surface area (Å²) >= 11 is 1.55. The molecule has 0 amide bonds. The molecule has 1 heteroatoms. The predicted molar refractivity (Wildman–Crippen MR) is 211 cm³/mol. The van der Waals surface area contributed by atoms with Gasteiger partial charge in [0.2, 0.25) is 0 Å². The van der Waals surface area contributed by atoms with Crippen LogP contribution in [0.3, 0.4) is 0 Å². The van der Waals surface area contributed by atoms with Gasteiger partial charge in [-0.25, -0.2) is 18.1 Å². The molecule has 0 aromatic heterocycles. The molecule has 0 spiro atoms. The molecular formula is C49H56Zr. The summed E-state index contributed by atoms with van der Waals surface area (Å²) in [6.07, 6.45) is 20.7. The zero-order valence-electron chi connectivity index (χ0n) is 31.8. The van der Waals surface area contributed by atoms with Crippen molar-refractivity contribution < 1.29 is 24.2 Å². The van der Waals surface area contributed by atoms with E-state index in [4.69, 9.17) is 0 Å². The van der Waals surface area contributed by atoms with Crippen molar-refractivity contribution in [3.63, 3.8) is 0 Å². The molecule has 2 atom stereocenters. The molecule has 0 saturated heterocycles. The first-order valence-corrected chi connectivity index (χ1v) is 20.0. The van der Waals surface area contributed by atoms with Gasteiger partial charge in [-0.3, -0.25) is 6.08 Å². The molecule has 5 aliphatic carbocycles. The molecule has 0 radical (unpaired) electrons. The fourth-order valence-electron chi connectivity index (χ4n) is 9.66. The Kier molecular flexibility index (Phi) is 10.7. The second-order valence-electron chi connectivity index (χ2n) is 16.7. The second kappa shape index (κ2) is 14.5. The molecule has 8 rings (SSSR count). The molecule has 0 aliphatic heterocycles. The Hall–Kier alpha value is -3.02. The fourth-order valence-corrected chi connectivity index (χ4v) is 10.7. The van der Waals surface area contributed by atoms with Crippen molar-refractivity contribution in [1.29, 1.82) is 0 Å². The van der Waals surface area contributed by atoms with E-state index in [1.165, 1.54) is 35.1 Å². The van der Waals surface area contributed by atoms with E-state index in [0.717, 1.165) is 25.7 Å². The maximum absolute atomic E-state index is 2.99. The summed E-state index contributed by atoms with van der Waals surface area (Å²) < 4.78 is 1.60. The summed E-state index contributed by atoms with van der Waals surface area (Å²) in [6.45, 7) is 20.3. The van der Waals surface area contributed by atoms with E-state index >= 15 is 0 Å². The van der Waals surface area contributed by atoms with Crippen LogP contribution in [0.5, 0.6) is 0 Å². The maximum atomic E-state index is 2.99. The molecule has 256 valence electrons. The van der Waals surface area contributed by atoms with Gasteiger partial charge in [0.25, 0.3) is 0 Å². The number of allylic oxidation sites excluding steroid dienone is 10. The summed E-state index contributed by atoms with van der Waals surface area (Å²) in [5, 5.41) is 0. The zero-order valence-corrected chi connectivity index (χ0v) is 34.2. The number of rotatable bonds is 4. The number of benzene rings is 3. The first kappa shape index (κ1) is 36.8. The van der Waals surface area contributed by atoms with E-state index in [2.05, 4.69) is 165 Å². The van der Waals surface area contributed by atoms with E-state index in [0.29, 0.717) is 5.92 Å². The Morgan fingerprint density at radius 3 is 1.94 bits per heavy atom. The monoisotopic (exact) mass is 734 g/mol. The van der Waals surface area contributed by atoms with E-state index in [1.807, 2.05) is 12.2 Å². The third-order valence-corrected chi connectivity index (χ3v) is 14.8. The molecule has 0 bridgehead atoms. The zero-order chi connectivity index (χ0) is 35.7. The van der Waals surface area contributed by atoms with Crippen LogP contribution in [0.1, 0.15) is 96.9 Å². The van der Waals surface area contributed by atoms with Gasteiger partial charge in [-0.2, -0.15) is 17.2 Å². The Morgan fingerprint density at radius 1 is 0.780 bits per heavy atom. The molecule has 2 unspecified atom stereocenters. The molecule has 3 aromatic carbocycles. The summed E-state index contributed by atoms with van der Waals surface area (Å²) in [4.78, 5) is 0. The van der Waals surface area contributed by atoms with Crippen LogP contribution < -0.4 is 0 Å². The van der Waals surface area contributed by atoms with Crippen LogP contribution in [-0.2, 0) is 43.5 Å². The van der Waals surface area contributed by atoms with Crippen molar-refractivity contribution in [3.05, 3.63) is 166 Å². The molecule has 3 aromatic rings. The van der Waals surface area contributed by atoms with Crippen molar-refractivity contribution in [3.8, 4) is 0 Å². The second-order valence-corrected chi connectivity index (χ2v) is 18.4. The van der Waals surface area contributed by atoms with Gasteiger partial charge in [0, 0.05) is 0 Å². The van der Waals surface area contributed by atoms with E-state index in [-0.39, 0.29) is 21.7 Å². The minimum atomic E-state index is 0.164. The van der Waals surface area contributed by atoms with Gasteiger partial charge >= 0.3 is 112 Å². The Balaban J connectivity index is 0.000000171. The normalized spacial score (nSPS) is 24.3. The van der Waals surface area contributed by atoms with Crippen molar-refractivity contribution in [2.24, 2.45) is 27.6 Å². The van der Waals surface area contributed by atoms with E-state index in [9.17, 15) is 0 Å². The molecular weight excluding hydrogens is 680 g/mol. The summed E-state index contributed by atoms with van der Waals surface area (Å²) in [5.74, 6) is 2.24. The summed E-state index contributed by atoms with van der Waals surface area (Å²) in [7, 11) is 0. The van der Waals surface area contributed by atoms with Crippen LogP contribution >= 0.6 is 0 Å². The standard InChI is InChI=1S/C29H37.C15H14.C5H5.Zr/c1-18-25-22-17-19-13-9-10-14-20(19)24(22)21-15-11-12-16-23(21)29(25,8)28(6,7)27(4,5)26(18,2)3;1-3-8-14(9-4-1)12-7-13-15-10-5-2-6-11-15;1-2-4-5-3-1;/h9-11,13-15,23H,12,16-17H2,1-8H3;1-6,8-11H,12-13H2;1-3H,4H2;/q-1;;-1;+2.